The number of anilines is 1. The number of likely N-dealkylation sites (N-methyl/N-ethyl adjacent to an activating group) is 1. The van der Waals surface area contributed by atoms with Crippen LogP contribution in [0.1, 0.15) is 31.0 Å². The summed E-state index contributed by atoms with van der Waals surface area (Å²) in [5.74, 6) is -2.12. The molecule has 1 aliphatic heterocycles. The lowest BCUT2D eigenvalue weighted by Crippen LogP contribution is -2.35. The van der Waals surface area contributed by atoms with Gasteiger partial charge in [-0.15, -0.1) is 0 Å². The van der Waals surface area contributed by atoms with Crippen molar-refractivity contribution in [3.8, 4) is 0 Å². The molecule has 1 saturated heterocycles. The molecule has 1 N–H and O–H groups in total. The average Bonchev–Trinajstić information content (AvgIpc) is 3.03. The van der Waals surface area contributed by atoms with Gasteiger partial charge in [0, 0.05) is 37.4 Å². The molecule has 0 radical (unpaired) electrons. The highest BCUT2D eigenvalue weighted by Gasteiger charge is 2.45. The van der Waals surface area contributed by atoms with E-state index in [-0.39, 0.29) is 11.3 Å². The number of likely N-dealkylation sites (tertiary alicyclic amines) is 1. The van der Waals surface area contributed by atoms with Crippen LogP contribution in [0, 0.1) is 5.82 Å². The summed E-state index contributed by atoms with van der Waals surface area (Å²) in [4.78, 5) is 31.5. The third-order valence-electron chi connectivity index (χ3n) is 5.78. The summed E-state index contributed by atoms with van der Waals surface area (Å²) in [5.41, 5.74) is 2.10. The molecule has 0 saturated carbocycles. The average molecular weight is 440 g/mol. The highest BCUT2D eigenvalue weighted by molar-refractivity contribution is 6.46. The van der Waals surface area contributed by atoms with Crippen LogP contribution in [0.2, 0.25) is 0 Å². The standard InChI is InChI=1S/C25H30FN3O3/c1-5-28(6-2)20-13-9-17(10-14-20)22-21(23(30)18-7-11-19(26)12-8-18)24(31)25(32)29(22)16-15-27(3)4/h7-14,22,30H,5-6,15-16H2,1-4H3/t22-/m0/s1. The van der Waals surface area contributed by atoms with Crippen LogP contribution in [0.4, 0.5) is 10.1 Å². The van der Waals surface area contributed by atoms with Crippen LogP contribution in [-0.4, -0.2) is 66.9 Å². The van der Waals surface area contributed by atoms with Crippen LogP contribution >= 0.6 is 0 Å². The van der Waals surface area contributed by atoms with Gasteiger partial charge in [-0.3, -0.25) is 9.59 Å². The summed E-state index contributed by atoms with van der Waals surface area (Å²) >= 11 is 0. The van der Waals surface area contributed by atoms with Crippen molar-refractivity contribution < 1.29 is 19.1 Å². The molecule has 32 heavy (non-hydrogen) atoms. The van der Waals surface area contributed by atoms with E-state index in [0.29, 0.717) is 18.7 Å². The highest BCUT2D eigenvalue weighted by Crippen LogP contribution is 2.39. The Balaban J connectivity index is 2.10. The van der Waals surface area contributed by atoms with Crippen LogP contribution in [-0.2, 0) is 9.59 Å². The van der Waals surface area contributed by atoms with Crippen molar-refractivity contribution in [1.82, 2.24) is 9.80 Å². The lowest BCUT2D eigenvalue weighted by atomic mass is 9.95. The zero-order valence-electron chi connectivity index (χ0n) is 19.0. The molecule has 2 aromatic rings. The van der Waals surface area contributed by atoms with E-state index >= 15 is 0 Å². The van der Waals surface area contributed by atoms with E-state index in [2.05, 4.69) is 18.7 Å². The van der Waals surface area contributed by atoms with Gasteiger partial charge in [-0.25, -0.2) is 4.39 Å². The van der Waals surface area contributed by atoms with E-state index in [4.69, 9.17) is 0 Å². The Hall–Kier alpha value is -3.19. The molecule has 170 valence electrons. The second-order valence-corrected chi connectivity index (χ2v) is 8.07. The first-order chi connectivity index (χ1) is 15.3. The second kappa shape index (κ2) is 9.96. The van der Waals surface area contributed by atoms with E-state index in [1.165, 1.54) is 29.2 Å². The first kappa shape index (κ1) is 23.5. The van der Waals surface area contributed by atoms with Crippen LogP contribution in [0.5, 0.6) is 0 Å². The number of aliphatic hydroxyl groups excluding tert-OH is 1. The Labute approximate surface area is 188 Å². The molecule has 1 heterocycles. The number of amides is 1. The molecule has 6 nitrogen and oxygen atoms in total. The summed E-state index contributed by atoms with van der Waals surface area (Å²) in [6.45, 7) is 6.79. The monoisotopic (exact) mass is 439 g/mol. The quantitative estimate of drug-likeness (QED) is 0.386. The Morgan fingerprint density at radius 3 is 2.12 bits per heavy atom. The first-order valence-electron chi connectivity index (χ1n) is 10.8. The van der Waals surface area contributed by atoms with Gasteiger partial charge in [0.2, 0.25) is 0 Å². The van der Waals surface area contributed by atoms with E-state index < -0.39 is 23.5 Å². The Morgan fingerprint density at radius 1 is 1.00 bits per heavy atom. The van der Waals surface area contributed by atoms with Crippen molar-refractivity contribution in [2.24, 2.45) is 0 Å². The molecule has 1 atom stereocenters. The van der Waals surface area contributed by atoms with Gasteiger partial charge in [0.25, 0.3) is 11.7 Å². The third-order valence-corrected chi connectivity index (χ3v) is 5.78. The molecule has 0 spiro atoms. The zero-order chi connectivity index (χ0) is 23.4. The van der Waals surface area contributed by atoms with Crippen LogP contribution in [0.25, 0.3) is 5.76 Å². The van der Waals surface area contributed by atoms with Gasteiger partial charge in [-0.1, -0.05) is 12.1 Å². The van der Waals surface area contributed by atoms with Crippen molar-refractivity contribution in [1.29, 1.82) is 0 Å². The molecule has 1 aliphatic rings. The van der Waals surface area contributed by atoms with Gasteiger partial charge in [0.1, 0.15) is 11.6 Å². The number of aliphatic hydroxyl groups is 1. The Morgan fingerprint density at radius 2 is 1.59 bits per heavy atom. The van der Waals surface area contributed by atoms with Crippen LogP contribution < -0.4 is 4.90 Å². The molecule has 1 fully saturated rings. The fourth-order valence-electron chi connectivity index (χ4n) is 3.98. The Bertz CT molecular complexity index is 996. The van der Waals surface area contributed by atoms with Gasteiger partial charge < -0.3 is 19.8 Å². The number of carbonyl (C=O) groups excluding carboxylic acids is 2. The number of hydrogen-bond donors (Lipinski definition) is 1. The first-order valence-corrected chi connectivity index (χ1v) is 10.8. The number of benzene rings is 2. The molecule has 0 bridgehead atoms. The third kappa shape index (κ3) is 4.67. The smallest absolute Gasteiger partial charge is 0.295 e. The normalized spacial score (nSPS) is 17.9. The molecule has 0 aromatic heterocycles. The number of halogens is 1. The number of ketones is 1. The van der Waals surface area contributed by atoms with Gasteiger partial charge in [0.05, 0.1) is 11.6 Å². The minimum absolute atomic E-state index is 0.0240. The molecule has 3 rings (SSSR count). The molecule has 0 aliphatic carbocycles. The minimum atomic E-state index is -0.733. The summed E-state index contributed by atoms with van der Waals surface area (Å²) in [6.07, 6.45) is 0. The predicted molar refractivity (Wildman–Crippen MR) is 124 cm³/mol. The number of nitrogens with zero attached hydrogens (tertiary/aromatic N) is 3. The molecular weight excluding hydrogens is 409 g/mol. The lowest BCUT2D eigenvalue weighted by molar-refractivity contribution is -0.140. The summed E-state index contributed by atoms with van der Waals surface area (Å²) in [5, 5.41) is 11.0. The SMILES string of the molecule is CCN(CC)c1ccc([C@H]2C(=C(O)c3ccc(F)cc3)C(=O)C(=O)N2CCN(C)C)cc1. The second-order valence-electron chi connectivity index (χ2n) is 8.07. The van der Waals surface area contributed by atoms with E-state index in [1.54, 1.807) is 0 Å². The maximum Gasteiger partial charge on any atom is 0.295 e. The molecule has 2 aromatic carbocycles. The fourth-order valence-corrected chi connectivity index (χ4v) is 3.98. The molecule has 0 unspecified atom stereocenters. The number of hydrogen-bond acceptors (Lipinski definition) is 5. The molecule has 1 amide bonds. The highest BCUT2D eigenvalue weighted by atomic mass is 19.1. The maximum atomic E-state index is 13.4. The minimum Gasteiger partial charge on any atom is -0.507 e. The van der Waals surface area contributed by atoms with Gasteiger partial charge >= 0.3 is 0 Å². The van der Waals surface area contributed by atoms with E-state index in [9.17, 15) is 19.1 Å². The maximum absolute atomic E-state index is 13.4. The summed E-state index contributed by atoms with van der Waals surface area (Å²) in [6, 6.07) is 12.2. The van der Waals surface area contributed by atoms with Gasteiger partial charge in [0.15, 0.2) is 0 Å². The fraction of sp³-hybridized carbons (Fsp3) is 0.360. The van der Waals surface area contributed by atoms with Crippen molar-refractivity contribution in [3.63, 3.8) is 0 Å². The van der Waals surface area contributed by atoms with Gasteiger partial charge in [-0.05, 0) is 69.9 Å². The van der Waals surface area contributed by atoms with Crippen LogP contribution in [0.15, 0.2) is 54.1 Å². The predicted octanol–water partition coefficient (Wildman–Crippen LogP) is 3.66. The van der Waals surface area contributed by atoms with E-state index in [0.717, 1.165) is 24.3 Å². The molecular formula is C25H30FN3O3. The zero-order valence-corrected chi connectivity index (χ0v) is 19.0. The number of rotatable bonds is 8. The van der Waals surface area contributed by atoms with E-state index in [1.807, 2.05) is 43.3 Å². The van der Waals surface area contributed by atoms with Crippen molar-refractivity contribution in [2.45, 2.75) is 19.9 Å². The topological polar surface area (TPSA) is 64.1 Å². The Kier molecular flexibility index (Phi) is 7.30. The lowest BCUT2D eigenvalue weighted by Gasteiger charge is -2.27. The molecule has 7 heteroatoms. The van der Waals surface area contributed by atoms with Crippen molar-refractivity contribution in [2.75, 3.05) is 45.2 Å². The van der Waals surface area contributed by atoms with Crippen molar-refractivity contribution >= 4 is 23.1 Å². The van der Waals surface area contributed by atoms with Crippen LogP contribution in [0.3, 0.4) is 0 Å². The summed E-state index contributed by atoms with van der Waals surface area (Å²) in [7, 11) is 3.78. The number of Topliss-reactive ketones (excluding diaryl/α,β-unsaturated/α-hetero) is 1. The van der Waals surface area contributed by atoms with Gasteiger partial charge in [-0.2, -0.15) is 0 Å². The number of carbonyl (C=O) groups is 2. The largest absolute Gasteiger partial charge is 0.507 e. The van der Waals surface area contributed by atoms with Crippen molar-refractivity contribution in [3.05, 3.63) is 71.0 Å². The summed E-state index contributed by atoms with van der Waals surface area (Å²) < 4.78 is 13.4.